The quantitative estimate of drug-likeness (QED) is 0.0161. The number of carbonyl (C=O) groups is 2. The molecule has 1 aliphatic rings. The molecular weight excluding hydrogens is 790 g/mol. The maximum absolute atomic E-state index is 12.7. The van der Waals surface area contributed by atoms with Gasteiger partial charge < -0.3 is 23.6 Å². The van der Waals surface area contributed by atoms with Crippen LogP contribution in [0.5, 0.6) is 0 Å². The van der Waals surface area contributed by atoms with Crippen LogP contribution in [0.3, 0.4) is 0 Å². The zero-order valence-electron chi connectivity index (χ0n) is 38.5. The number of epoxide rings is 1. The highest BCUT2D eigenvalue weighted by molar-refractivity contribution is 7.47. The lowest BCUT2D eigenvalue weighted by Gasteiger charge is -2.24. The maximum Gasteiger partial charge on any atom is 0.472 e. The monoisotopic (exact) mass is 873 g/mol. The van der Waals surface area contributed by atoms with Crippen LogP contribution in [-0.2, 0) is 37.4 Å². The number of likely N-dealkylation sites (N-methyl/N-ethyl adjacent to an activating group) is 1. The molecule has 1 rings (SSSR count). The van der Waals surface area contributed by atoms with Gasteiger partial charge in [0.2, 0.25) is 0 Å². The first-order chi connectivity index (χ1) is 29.5. The summed E-state index contributed by atoms with van der Waals surface area (Å²) in [6.07, 6.45) is 52.2. The average molecular weight is 873 g/mol. The molecule has 61 heavy (non-hydrogen) atoms. The van der Waals surface area contributed by atoms with E-state index in [-0.39, 0.29) is 26.1 Å². The number of hydrogen-bond acceptors (Lipinski definition) is 8. The zero-order chi connectivity index (χ0) is 44.7. The Bertz CT molecular complexity index is 1420. The van der Waals surface area contributed by atoms with E-state index in [1.165, 1.54) is 25.7 Å². The van der Waals surface area contributed by atoms with Crippen molar-refractivity contribution < 1.29 is 46.8 Å². The van der Waals surface area contributed by atoms with Crippen molar-refractivity contribution in [1.29, 1.82) is 0 Å². The average Bonchev–Trinajstić information content (AvgIpc) is 3.97. The first kappa shape index (κ1) is 55.9. The Morgan fingerprint density at radius 2 is 1.11 bits per heavy atom. The third kappa shape index (κ3) is 38.3. The molecule has 1 heterocycles. The van der Waals surface area contributed by atoms with E-state index in [1.807, 2.05) is 33.3 Å². The number of hydrogen-bond donors (Lipinski definition) is 1. The van der Waals surface area contributed by atoms with E-state index in [0.29, 0.717) is 36.1 Å². The van der Waals surface area contributed by atoms with Crippen molar-refractivity contribution in [3.8, 4) is 0 Å². The fraction of sp³-hybridized carbons (Fsp3) is 0.640. The molecule has 0 aliphatic carbocycles. The van der Waals surface area contributed by atoms with Gasteiger partial charge in [0.15, 0.2) is 6.10 Å². The number of carbonyl (C=O) groups excluding carboxylic acids is 2. The number of quaternary nitrogens is 1. The Hall–Kier alpha value is -3.11. The van der Waals surface area contributed by atoms with Crippen LogP contribution >= 0.6 is 7.82 Å². The number of esters is 2. The number of ether oxygens (including phenoxy) is 3. The highest BCUT2D eigenvalue weighted by Crippen LogP contribution is 2.43. The van der Waals surface area contributed by atoms with Gasteiger partial charge in [-0.1, -0.05) is 137 Å². The number of unbranched alkanes of at least 4 members (excludes halogenated alkanes) is 7. The lowest BCUT2D eigenvalue weighted by atomic mass is 10.1. The molecule has 0 radical (unpaired) electrons. The Morgan fingerprint density at radius 1 is 0.607 bits per heavy atom. The largest absolute Gasteiger partial charge is 0.472 e. The normalized spacial score (nSPS) is 17.7. The third-order valence-corrected chi connectivity index (χ3v) is 10.5. The SMILES string of the molecule is CC/C=C\CC1OC1C/C=C\C/C=C\C/C=C\C/C=C\CCC(=O)O[C@H](COC(=O)CCCCCC/C=C\C/C=C\C/C=C\CCCCC)COP(=O)(O)OCC[N+](C)(C)C. The van der Waals surface area contributed by atoms with Gasteiger partial charge in [-0.15, -0.1) is 0 Å². The number of phosphoric acid groups is 1. The highest BCUT2D eigenvalue weighted by Gasteiger charge is 2.36. The van der Waals surface area contributed by atoms with Gasteiger partial charge in [0.05, 0.1) is 40.0 Å². The summed E-state index contributed by atoms with van der Waals surface area (Å²) in [4.78, 5) is 35.4. The standard InChI is InChI=1S/C50H82NO9P/c1-6-8-10-11-12-13-14-15-16-17-18-19-23-26-29-32-36-40-49(52)56-44-46(45-58-61(54,55)57-43-42-51(3,4)5)59-50(53)41-37-33-30-27-24-21-20-22-25-28-31-35-39-48-47(60-48)38-34-9-7-2/h9,12-13,15-16,18-19,21-22,24-25,30-31,33-35,46-48H,6-8,10-11,14,17,20,23,26-29,32,36-45H2,1-5H3/p+1/b13-12-,16-15-,19-18-,24-21-,25-22-,33-30-,34-9-,35-31-/t46-,47?,48?/m1/s1. The van der Waals surface area contributed by atoms with Gasteiger partial charge in [-0.3, -0.25) is 18.6 Å². The van der Waals surface area contributed by atoms with Crippen LogP contribution in [-0.4, -0.2) is 87.1 Å². The van der Waals surface area contributed by atoms with E-state index in [0.717, 1.165) is 77.0 Å². The molecule has 1 fully saturated rings. The smallest absolute Gasteiger partial charge is 0.462 e. The Morgan fingerprint density at radius 3 is 1.67 bits per heavy atom. The second-order valence-corrected chi connectivity index (χ2v) is 17.9. The molecule has 0 aromatic heterocycles. The summed E-state index contributed by atoms with van der Waals surface area (Å²) in [5, 5.41) is 0. The minimum atomic E-state index is -4.41. The topological polar surface area (TPSA) is 121 Å². The highest BCUT2D eigenvalue weighted by atomic mass is 31.2. The van der Waals surface area contributed by atoms with E-state index >= 15 is 0 Å². The van der Waals surface area contributed by atoms with E-state index in [9.17, 15) is 19.0 Å². The molecule has 0 aromatic rings. The van der Waals surface area contributed by atoms with Crippen LogP contribution in [0.2, 0.25) is 0 Å². The lowest BCUT2D eigenvalue weighted by molar-refractivity contribution is -0.870. The minimum absolute atomic E-state index is 0.00655. The fourth-order valence-corrected chi connectivity index (χ4v) is 6.53. The molecule has 11 heteroatoms. The van der Waals surface area contributed by atoms with Crippen LogP contribution < -0.4 is 0 Å². The van der Waals surface area contributed by atoms with Gasteiger partial charge >= 0.3 is 19.8 Å². The molecule has 0 bridgehead atoms. The predicted molar refractivity (Wildman–Crippen MR) is 251 cm³/mol. The summed E-state index contributed by atoms with van der Waals surface area (Å²) in [5.41, 5.74) is 0. The molecular formula is C50H83NO9P+. The molecule has 0 amide bonds. The van der Waals surface area contributed by atoms with E-state index in [4.69, 9.17) is 23.3 Å². The van der Waals surface area contributed by atoms with E-state index < -0.39 is 32.5 Å². The summed E-state index contributed by atoms with van der Waals surface area (Å²) in [6, 6.07) is 0. The molecule has 1 saturated heterocycles. The van der Waals surface area contributed by atoms with Crippen molar-refractivity contribution in [2.45, 2.75) is 161 Å². The minimum Gasteiger partial charge on any atom is -0.462 e. The molecule has 0 spiro atoms. The van der Waals surface area contributed by atoms with Crippen LogP contribution in [0, 0.1) is 0 Å². The molecule has 1 aliphatic heterocycles. The molecule has 10 nitrogen and oxygen atoms in total. The van der Waals surface area contributed by atoms with Crippen molar-refractivity contribution in [3.05, 3.63) is 97.2 Å². The Kier molecular flexibility index (Phi) is 34.3. The molecule has 4 atom stereocenters. The number of allylic oxidation sites excluding steroid dienone is 14. The summed E-state index contributed by atoms with van der Waals surface area (Å²) in [5.74, 6) is -0.936. The summed E-state index contributed by atoms with van der Waals surface area (Å²) in [6.45, 7) is 4.13. The predicted octanol–water partition coefficient (Wildman–Crippen LogP) is 12.3. The van der Waals surface area contributed by atoms with Gasteiger partial charge in [-0.25, -0.2) is 4.57 Å². The van der Waals surface area contributed by atoms with E-state index in [2.05, 4.69) is 98.9 Å². The summed E-state index contributed by atoms with van der Waals surface area (Å²) >= 11 is 0. The lowest BCUT2D eigenvalue weighted by Crippen LogP contribution is -2.37. The number of rotatable bonds is 39. The first-order valence-corrected chi connectivity index (χ1v) is 24.6. The summed E-state index contributed by atoms with van der Waals surface area (Å²) < 4.78 is 39.9. The first-order valence-electron chi connectivity index (χ1n) is 23.1. The molecule has 0 aromatic carbocycles. The second-order valence-electron chi connectivity index (χ2n) is 16.4. The fourth-order valence-electron chi connectivity index (χ4n) is 5.79. The van der Waals surface area contributed by atoms with Crippen LogP contribution in [0.25, 0.3) is 0 Å². The van der Waals surface area contributed by atoms with Gasteiger partial charge in [0, 0.05) is 12.8 Å². The van der Waals surface area contributed by atoms with Crippen molar-refractivity contribution in [2.75, 3.05) is 47.5 Å². The number of phosphoric ester groups is 1. The van der Waals surface area contributed by atoms with Crippen molar-refractivity contribution in [2.24, 2.45) is 0 Å². The van der Waals surface area contributed by atoms with Gasteiger partial charge in [0.25, 0.3) is 0 Å². The van der Waals surface area contributed by atoms with Crippen molar-refractivity contribution >= 4 is 19.8 Å². The third-order valence-electron chi connectivity index (χ3n) is 9.51. The second kappa shape index (κ2) is 37.4. The molecule has 346 valence electrons. The zero-order valence-corrected chi connectivity index (χ0v) is 39.4. The van der Waals surface area contributed by atoms with Crippen LogP contribution in [0.15, 0.2) is 97.2 Å². The Balaban J connectivity index is 2.34. The van der Waals surface area contributed by atoms with E-state index in [1.54, 1.807) is 0 Å². The van der Waals surface area contributed by atoms with Gasteiger partial charge in [-0.2, -0.15) is 0 Å². The van der Waals surface area contributed by atoms with Crippen molar-refractivity contribution in [1.82, 2.24) is 0 Å². The molecule has 1 N–H and O–H groups in total. The Labute approximate surface area is 370 Å². The van der Waals surface area contributed by atoms with Gasteiger partial charge in [-0.05, 0) is 89.9 Å². The molecule has 3 unspecified atom stereocenters. The van der Waals surface area contributed by atoms with Gasteiger partial charge in [0.1, 0.15) is 19.8 Å². The van der Waals surface area contributed by atoms with Crippen molar-refractivity contribution in [3.63, 3.8) is 0 Å². The van der Waals surface area contributed by atoms with Crippen LogP contribution in [0.1, 0.15) is 142 Å². The molecule has 0 saturated carbocycles. The summed E-state index contributed by atoms with van der Waals surface area (Å²) in [7, 11) is 1.39. The van der Waals surface area contributed by atoms with Crippen LogP contribution in [0.4, 0.5) is 0 Å². The number of nitrogens with zero attached hydrogens (tertiary/aromatic N) is 1. The maximum atomic E-state index is 12.7.